The van der Waals surface area contributed by atoms with Crippen LogP contribution >= 0.6 is 0 Å². The van der Waals surface area contributed by atoms with Gasteiger partial charge in [-0.15, -0.1) is 0 Å². The molecule has 3 nitrogen and oxygen atoms in total. The molecular formula is C16H24N2O. The molecule has 1 N–H and O–H groups in total. The molecular weight excluding hydrogens is 236 g/mol. The first-order chi connectivity index (χ1) is 8.93. The van der Waals surface area contributed by atoms with E-state index in [1.807, 2.05) is 4.90 Å². The third-order valence-electron chi connectivity index (χ3n) is 3.64. The van der Waals surface area contributed by atoms with E-state index >= 15 is 0 Å². The van der Waals surface area contributed by atoms with Crippen LogP contribution in [0.4, 0.5) is 0 Å². The predicted molar refractivity (Wildman–Crippen MR) is 77.9 cm³/mol. The van der Waals surface area contributed by atoms with Gasteiger partial charge in [-0.1, -0.05) is 52.0 Å². The van der Waals surface area contributed by atoms with Crippen molar-refractivity contribution < 1.29 is 4.79 Å². The molecule has 104 valence electrons. The molecule has 1 heterocycles. The van der Waals surface area contributed by atoms with Crippen LogP contribution in [0.2, 0.25) is 0 Å². The van der Waals surface area contributed by atoms with Gasteiger partial charge in [0.1, 0.15) is 6.17 Å². The van der Waals surface area contributed by atoms with Gasteiger partial charge in [-0.05, 0) is 23.0 Å². The summed E-state index contributed by atoms with van der Waals surface area (Å²) in [6.45, 7) is 10.0. The monoisotopic (exact) mass is 260 g/mol. The van der Waals surface area contributed by atoms with Crippen LogP contribution < -0.4 is 5.32 Å². The normalized spacial score (nSPS) is 20.1. The fourth-order valence-corrected chi connectivity index (χ4v) is 2.50. The molecule has 0 saturated carbocycles. The SMILES string of the molecule is CCCN1C(=O)CNC1c1ccc(C(C)(C)C)cc1. The van der Waals surface area contributed by atoms with Gasteiger partial charge in [0.25, 0.3) is 0 Å². The molecule has 1 saturated heterocycles. The number of rotatable bonds is 3. The molecule has 1 aromatic carbocycles. The molecule has 2 rings (SSSR count). The van der Waals surface area contributed by atoms with Crippen molar-refractivity contribution in [3.63, 3.8) is 0 Å². The van der Waals surface area contributed by atoms with Crippen molar-refractivity contribution in [2.24, 2.45) is 0 Å². The van der Waals surface area contributed by atoms with E-state index in [-0.39, 0.29) is 17.5 Å². The summed E-state index contributed by atoms with van der Waals surface area (Å²) in [6, 6.07) is 8.62. The molecule has 0 radical (unpaired) electrons. The second-order valence-electron chi connectivity index (χ2n) is 6.24. The Morgan fingerprint density at radius 2 is 1.89 bits per heavy atom. The maximum Gasteiger partial charge on any atom is 0.238 e. The molecule has 1 aliphatic rings. The largest absolute Gasteiger partial charge is 0.322 e. The van der Waals surface area contributed by atoms with Crippen LogP contribution in [0.15, 0.2) is 24.3 Å². The molecule has 1 atom stereocenters. The molecule has 3 heteroatoms. The maximum absolute atomic E-state index is 11.8. The highest BCUT2D eigenvalue weighted by molar-refractivity contribution is 5.80. The van der Waals surface area contributed by atoms with Gasteiger partial charge in [-0.2, -0.15) is 0 Å². The van der Waals surface area contributed by atoms with Crippen LogP contribution in [0.5, 0.6) is 0 Å². The minimum absolute atomic E-state index is 0.0430. The molecule has 1 fully saturated rings. The number of nitrogens with one attached hydrogen (secondary N) is 1. The van der Waals surface area contributed by atoms with E-state index in [9.17, 15) is 4.79 Å². The lowest BCUT2D eigenvalue weighted by Crippen LogP contribution is -2.31. The third-order valence-corrected chi connectivity index (χ3v) is 3.64. The number of benzene rings is 1. The highest BCUT2D eigenvalue weighted by atomic mass is 16.2. The Balaban J connectivity index is 2.20. The Hall–Kier alpha value is -1.35. The van der Waals surface area contributed by atoms with E-state index in [0.717, 1.165) is 13.0 Å². The molecule has 0 aromatic heterocycles. The molecule has 1 amide bonds. The zero-order chi connectivity index (χ0) is 14.0. The summed E-state index contributed by atoms with van der Waals surface area (Å²) in [5, 5.41) is 3.29. The summed E-state index contributed by atoms with van der Waals surface area (Å²) in [6.07, 6.45) is 1.03. The Kier molecular flexibility index (Phi) is 3.95. The van der Waals surface area contributed by atoms with Gasteiger partial charge in [-0.3, -0.25) is 10.1 Å². The van der Waals surface area contributed by atoms with Crippen LogP contribution in [0.3, 0.4) is 0 Å². The van der Waals surface area contributed by atoms with Crippen molar-refractivity contribution in [2.45, 2.75) is 45.7 Å². The van der Waals surface area contributed by atoms with E-state index in [1.54, 1.807) is 0 Å². The Morgan fingerprint density at radius 1 is 1.26 bits per heavy atom. The quantitative estimate of drug-likeness (QED) is 0.906. The highest BCUT2D eigenvalue weighted by Gasteiger charge is 2.30. The number of carbonyl (C=O) groups excluding carboxylic acids is 1. The van der Waals surface area contributed by atoms with E-state index in [4.69, 9.17) is 0 Å². The van der Waals surface area contributed by atoms with Crippen molar-refractivity contribution in [1.29, 1.82) is 0 Å². The van der Waals surface area contributed by atoms with E-state index < -0.39 is 0 Å². The maximum atomic E-state index is 11.8. The number of carbonyl (C=O) groups is 1. The molecule has 0 bridgehead atoms. The standard InChI is InChI=1S/C16H24N2O/c1-5-10-18-14(19)11-17-15(18)12-6-8-13(9-7-12)16(2,3)4/h6-9,15,17H,5,10-11H2,1-4H3. The number of amides is 1. The lowest BCUT2D eigenvalue weighted by molar-refractivity contribution is -0.128. The third kappa shape index (κ3) is 2.98. The van der Waals surface area contributed by atoms with Gasteiger partial charge in [0.05, 0.1) is 6.54 Å². The summed E-state index contributed by atoms with van der Waals surface area (Å²) < 4.78 is 0. The van der Waals surface area contributed by atoms with Gasteiger partial charge in [0, 0.05) is 6.54 Å². The first kappa shape index (κ1) is 14.1. The molecule has 0 spiro atoms. The summed E-state index contributed by atoms with van der Waals surface area (Å²) in [7, 11) is 0. The molecule has 1 unspecified atom stereocenters. The van der Waals surface area contributed by atoms with Crippen LogP contribution in [-0.4, -0.2) is 23.9 Å². The summed E-state index contributed by atoms with van der Waals surface area (Å²) in [4.78, 5) is 13.8. The van der Waals surface area contributed by atoms with E-state index in [0.29, 0.717) is 6.54 Å². The number of hydrogen-bond donors (Lipinski definition) is 1. The van der Waals surface area contributed by atoms with E-state index in [2.05, 4.69) is 57.3 Å². The number of nitrogens with zero attached hydrogens (tertiary/aromatic N) is 1. The summed E-state index contributed by atoms with van der Waals surface area (Å²) in [5.41, 5.74) is 2.66. The molecule has 0 aliphatic carbocycles. The van der Waals surface area contributed by atoms with Crippen molar-refractivity contribution in [3.8, 4) is 0 Å². The first-order valence-electron chi connectivity index (χ1n) is 7.07. The summed E-state index contributed by atoms with van der Waals surface area (Å²) >= 11 is 0. The van der Waals surface area contributed by atoms with Crippen molar-refractivity contribution >= 4 is 5.91 Å². The average Bonchev–Trinajstić information content (AvgIpc) is 2.71. The zero-order valence-corrected chi connectivity index (χ0v) is 12.4. The van der Waals surface area contributed by atoms with Crippen LogP contribution in [0.25, 0.3) is 0 Å². The summed E-state index contributed by atoms with van der Waals surface area (Å²) in [5.74, 6) is 0.201. The van der Waals surface area contributed by atoms with Gasteiger partial charge in [0.15, 0.2) is 0 Å². The van der Waals surface area contributed by atoms with Crippen molar-refractivity contribution in [3.05, 3.63) is 35.4 Å². The van der Waals surface area contributed by atoms with Gasteiger partial charge >= 0.3 is 0 Å². The minimum atomic E-state index is 0.0430. The fourth-order valence-electron chi connectivity index (χ4n) is 2.50. The lowest BCUT2D eigenvalue weighted by Gasteiger charge is -2.25. The topological polar surface area (TPSA) is 32.3 Å². The van der Waals surface area contributed by atoms with Crippen molar-refractivity contribution in [1.82, 2.24) is 10.2 Å². The Bertz CT molecular complexity index is 445. The molecule has 1 aliphatic heterocycles. The van der Waals surface area contributed by atoms with E-state index in [1.165, 1.54) is 11.1 Å². The molecule has 1 aromatic rings. The molecule has 19 heavy (non-hydrogen) atoms. The van der Waals surface area contributed by atoms with Gasteiger partial charge < -0.3 is 4.90 Å². The zero-order valence-electron chi connectivity index (χ0n) is 12.4. The lowest BCUT2D eigenvalue weighted by atomic mass is 9.86. The second-order valence-corrected chi connectivity index (χ2v) is 6.24. The minimum Gasteiger partial charge on any atom is -0.322 e. The highest BCUT2D eigenvalue weighted by Crippen LogP contribution is 2.27. The van der Waals surface area contributed by atoms with Crippen molar-refractivity contribution in [2.75, 3.05) is 13.1 Å². The number of hydrogen-bond acceptors (Lipinski definition) is 2. The fraction of sp³-hybridized carbons (Fsp3) is 0.562. The van der Waals surface area contributed by atoms with Crippen LogP contribution in [0.1, 0.15) is 51.4 Å². The Morgan fingerprint density at radius 3 is 2.42 bits per heavy atom. The smallest absolute Gasteiger partial charge is 0.238 e. The Labute approximate surface area is 116 Å². The van der Waals surface area contributed by atoms with Crippen LogP contribution in [0, 0.1) is 0 Å². The average molecular weight is 260 g/mol. The first-order valence-corrected chi connectivity index (χ1v) is 7.07. The van der Waals surface area contributed by atoms with Gasteiger partial charge in [0.2, 0.25) is 5.91 Å². The van der Waals surface area contributed by atoms with Gasteiger partial charge in [-0.25, -0.2) is 0 Å². The second kappa shape index (κ2) is 5.33. The van der Waals surface area contributed by atoms with Crippen LogP contribution in [-0.2, 0) is 10.2 Å². The predicted octanol–water partition coefficient (Wildman–Crippen LogP) is 2.82.